The van der Waals surface area contributed by atoms with Crippen LogP contribution in [0.5, 0.6) is 0 Å². The van der Waals surface area contributed by atoms with E-state index in [1.54, 1.807) is 12.1 Å². The van der Waals surface area contributed by atoms with E-state index in [0.717, 1.165) is 5.56 Å². The van der Waals surface area contributed by atoms with Crippen LogP contribution in [0.15, 0.2) is 66.9 Å². The molecule has 1 atom stereocenters. The number of benzene rings is 2. The van der Waals surface area contributed by atoms with E-state index < -0.39 is 47.6 Å². The number of pyridine rings is 1. The Bertz CT molecular complexity index is 1370. The average Bonchev–Trinajstić information content (AvgIpc) is 3.30. The van der Waals surface area contributed by atoms with Crippen molar-refractivity contribution in [3.63, 3.8) is 0 Å². The van der Waals surface area contributed by atoms with Crippen molar-refractivity contribution in [1.29, 1.82) is 0 Å². The van der Waals surface area contributed by atoms with Crippen LogP contribution in [-0.4, -0.2) is 35.3 Å². The maximum Gasteiger partial charge on any atom is 0.251 e. The second-order valence-electron chi connectivity index (χ2n) is 10.0. The topological polar surface area (TPSA) is 74.3 Å². The Morgan fingerprint density at radius 3 is 2.49 bits per heavy atom. The van der Waals surface area contributed by atoms with Crippen molar-refractivity contribution in [2.75, 3.05) is 16.8 Å². The van der Waals surface area contributed by atoms with Gasteiger partial charge < -0.3 is 10.6 Å². The first kappa shape index (κ1) is 26.6. The number of alkyl halides is 2. The summed E-state index contributed by atoms with van der Waals surface area (Å²) < 4.78 is 56.2. The van der Waals surface area contributed by atoms with E-state index in [0.29, 0.717) is 12.0 Å². The zero-order chi connectivity index (χ0) is 27.6. The molecule has 2 aromatic carbocycles. The average molecular weight is 541 g/mol. The number of rotatable bonds is 7. The molecule has 10 heteroatoms. The largest absolute Gasteiger partial charge is 0.372 e. The SMILES string of the molecule is O=C(CNc1cccnc1F)N(c1cccc(F)c1)C1(C(=O)NC2CCC(F)(F)CC2)CCc2ccccc21. The van der Waals surface area contributed by atoms with Crippen molar-refractivity contribution < 1.29 is 27.2 Å². The first-order valence-corrected chi connectivity index (χ1v) is 12.9. The fourth-order valence-corrected chi connectivity index (χ4v) is 5.61. The summed E-state index contributed by atoms with van der Waals surface area (Å²) in [6, 6.07) is 15.0. The third-order valence-corrected chi connectivity index (χ3v) is 7.53. The van der Waals surface area contributed by atoms with E-state index >= 15 is 0 Å². The summed E-state index contributed by atoms with van der Waals surface area (Å²) in [5.74, 6) is -5.29. The first-order chi connectivity index (χ1) is 18.7. The minimum atomic E-state index is -2.77. The van der Waals surface area contributed by atoms with Crippen molar-refractivity contribution in [2.45, 2.75) is 56.0 Å². The van der Waals surface area contributed by atoms with Crippen molar-refractivity contribution in [2.24, 2.45) is 0 Å². The number of carbonyl (C=O) groups is 2. The quantitative estimate of drug-likeness (QED) is 0.314. The van der Waals surface area contributed by atoms with E-state index in [1.807, 2.05) is 12.1 Å². The molecule has 39 heavy (non-hydrogen) atoms. The molecule has 2 amide bonds. The molecule has 204 valence electrons. The molecule has 0 radical (unpaired) electrons. The molecule has 0 aliphatic heterocycles. The third-order valence-electron chi connectivity index (χ3n) is 7.53. The lowest BCUT2D eigenvalue weighted by atomic mass is 9.85. The molecule has 1 saturated carbocycles. The first-order valence-electron chi connectivity index (χ1n) is 12.9. The fourth-order valence-electron chi connectivity index (χ4n) is 5.61. The minimum absolute atomic E-state index is 0.00139. The summed E-state index contributed by atoms with van der Waals surface area (Å²) in [6.45, 7) is -0.411. The van der Waals surface area contributed by atoms with Gasteiger partial charge in [0.2, 0.25) is 17.8 Å². The van der Waals surface area contributed by atoms with Gasteiger partial charge in [-0.15, -0.1) is 0 Å². The Labute approximate surface area is 223 Å². The zero-order valence-electron chi connectivity index (χ0n) is 21.1. The normalized spacial score (nSPS) is 20.2. The van der Waals surface area contributed by atoms with Crippen LogP contribution in [0.2, 0.25) is 0 Å². The van der Waals surface area contributed by atoms with Crippen molar-refractivity contribution in [1.82, 2.24) is 10.3 Å². The summed E-state index contributed by atoms with van der Waals surface area (Å²) in [7, 11) is 0. The Kier molecular flexibility index (Phi) is 7.29. The maximum absolute atomic E-state index is 14.5. The van der Waals surface area contributed by atoms with Crippen molar-refractivity contribution >= 4 is 23.2 Å². The van der Waals surface area contributed by atoms with E-state index in [2.05, 4.69) is 15.6 Å². The molecular weight excluding hydrogens is 512 g/mol. The third kappa shape index (κ3) is 5.32. The standard InChI is InChI=1S/C29H28F4N4O2/c30-20-6-3-7-22(17-20)37(25(38)18-35-24-9-4-16-34-26(24)31)29(15-10-19-5-1-2-8-23(19)29)27(39)36-21-11-13-28(32,33)14-12-21/h1-9,16-17,21,35H,10-15,18H2,(H,36,39). The predicted octanol–water partition coefficient (Wildman–Crippen LogP) is 5.34. The van der Waals surface area contributed by atoms with Gasteiger partial charge in [-0.25, -0.2) is 18.2 Å². The second-order valence-corrected chi connectivity index (χ2v) is 10.0. The van der Waals surface area contributed by atoms with E-state index in [1.165, 1.54) is 47.5 Å². The van der Waals surface area contributed by atoms with Gasteiger partial charge in [0.25, 0.3) is 5.91 Å². The number of anilines is 2. The minimum Gasteiger partial charge on any atom is -0.372 e. The number of aromatic nitrogens is 1. The number of amides is 2. The highest BCUT2D eigenvalue weighted by Gasteiger charge is 2.53. The Morgan fingerprint density at radius 1 is 0.974 bits per heavy atom. The molecule has 0 bridgehead atoms. The summed E-state index contributed by atoms with van der Waals surface area (Å²) in [5, 5.41) is 5.67. The van der Waals surface area contributed by atoms with Gasteiger partial charge in [-0.3, -0.25) is 14.5 Å². The molecule has 1 aromatic heterocycles. The Morgan fingerprint density at radius 2 is 1.74 bits per heavy atom. The molecule has 2 aliphatic rings. The number of nitrogens with zero attached hydrogens (tertiary/aromatic N) is 2. The number of carbonyl (C=O) groups excluding carboxylic acids is 2. The van der Waals surface area contributed by atoms with Crippen LogP contribution in [0.25, 0.3) is 0 Å². The molecule has 1 heterocycles. The van der Waals surface area contributed by atoms with Gasteiger partial charge in [0.15, 0.2) is 5.54 Å². The highest BCUT2D eigenvalue weighted by Crippen LogP contribution is 2.45. The number of halogens is 4. The lowest BCUT2D eigenvalue weighted by Crippen LogP contribution is -2.60. The molecule has 5 rings (SSSR count). The second kappa shape index (κ2) is 10.7. The molecule has 6 nitrogen and oxygen atoms in total. The fraction of sp³-hybridized carbons (Fsp3) is 0.345. The van der Waals surface area contributed by atoms with Crippen LogP contribution in [0.1, 0.15) is 43.2 Å². The van der Waals surface area contributed by atoms with Crippen LogP contribution < -0.4 is 15.5 Å². The number of nitrogens with one attached hydrogen (secondary N) is 2. The summed E-state index contributed by atoms with van der Waals surface area (Å²) in [5.41, 5.74) is 0.00226. The van der Waals surface area contributed by atoms with Gasteiger partial charge >= 0.3 is 0 Å². The highest BCUT2D eigenvalue weighted by atomic mass is 19.3. The van der Waals surface area contributed by atoms with Crippen LogP contribution in [0, 0.1) is 11.8 Å². The predicted molar refractivity (Wildman–Crippen MR) is 138 cm³/mol. The number of hydrogen-bond donors (Lipinski definition) is 2. The Hall–Kier alpha value is -3.95. The lowest BCUT2D eigenvalue weighted by Gasteiger charge is -2.42. The van der Waals surface area contributed by atoms with Gasteiger partial charge in [-0.05, 0) is 67.1 Å². The highest BCUT2D eigenvalue weighted by molar-refractivity contribution is 6.06. The lowest BCUT2D eigenvalue weighted by molar-refractivity contribution is -0.132. The van der Waals surface area contributed by atoms with Crippen LogP contribution in [0.3, 0.4) is 0 Å². The van der Waals surface area contributed by atoms with Gasteiger partial charge in [-0.2, -0.15) is 4.39 Å². The summed E-state index contributed by atoms with van der Waals surface area (Å²) in [6.07, 6.45) is 1.47. The van der Waals surface area contributed by atoms with Crippen LogP contribution >= 0.6 is 0 Å². The van der Waals surface area contributed by atoms with Crippen LogP contribution in [-0.2, 0) is 21.5 Å². The smallest absolute Gasteiger partial charge is 0.251 e. The van der Waals surface area contributed by atoms with Crippen molar-refractivity contribution in [3.8, 4) is 0 Å². The maximum atomic E-state index is 14.5. The van der Waals surface area contributed by atoms with Crippen LogP contribution in [0.4, 0.5) is 28.9 Å². The molecule has 0 spiro atoms. The van der Waals surface area contributed by atoms with Gasteiger partial charge in [0.05, 0.1) is 12.2 Å². The monoisotopic (exact) mass is 540 g/mol. The number of hydrogen-bond acceptors (Lipinski definition) is 4. The molecule has 1 fully saturated rings. The number of aryl methyl sites for hydroxylation is 1. The number of fused-ring (bicyclic) bond motifs is 1. The van der Waals surface area contributed by atoms with E-state index in [9.17, 15) is 27.2 Å². The van der Waals surface area contributed by atoms with Crippen molar-refractivity contribution in [3.05, 3.63) is 89.8 Å². The molecule has 2 N–H and O–H groups in total. The van der Waals surface area contributed by atoms with E-state index in [4.69, 9.17) is 0 Å². The molecule has 3 aromatic rings. The van der Waals surface area contributed by atoms with Gasteiger partial charge in [0, 0.05) is 30.8 Å². The zero-order valence-corrected chi connectivity index (χ0v) is 21.1. The summed E-state index contributed by atoms with van der Waals surface area (Å²) in [4.78, 5) is 33.0. The van der Waals surface area contributed by atoms with Gasteiger partial charge in [0.1, 0.15) is 5.82 Å². The molecule has 0 saturated heterocycles. The Balaban J connectivity index is 1.55. The van der Waals surface area contributed by atoms with E-state index in [-0.39, 0.29) is 43.5 Å². The molecule has 1 unspecified atom stereocenters. The van der Waals surface area contributed by atoms with Gasteiger partial charge in [-0.1, -0.05) is 30.3 Å². The molecular formula is C29H28F4N4O2. The summed E-state index contributed by atoms with van der Waals surface area (Å²) >= 11 is 0. The molecule has 2 aliphatic carbocycles.